The largest absolute Gasteiger partial charge is 0.492 e. The maximum atomic E-state index is 6.15. The van der Waals surface area contributed by atoms with Crippen LogP contribution in [-0.2, 0) is 6.54 Å². The molecule has 2 heterocycles. The predicted octanol–water partition coefficient (Wildman–Crippen LogP) is 5.38. The van der Waals surface area contributed by atoms with Crippen LogP contribution in [0.4, 0.5) is 0 Å². The van der Waals surface area contributed by atoms with E-state index in [1.54, 1.807) is 11.3 Å². The van der Waals surface area contributed by atoms with Gasteiger partial charge < -0.3 is 14.6 Å². The van der Waals surface area contributed by atoms with Gasteiger partial charge >= 0.3 is 0 Å². The number of benzene rings is 2. The van der Waals surface area contributed by atoms with Crippen LogP contribution in [0, 0.1) is 0 Å². The molecule has 2 aromatic heterocycles. The lowest BCUT2D eigenvalue weighted by Crippen LogP contribution is -2.20. The van der Waals surface area contributed by atoms with Gasteiger partial charge in [-0.1, -0.05) is 47.1 Å². The van der Waals surface area contributed by atoms with Crippen molar-refractivity contribution in [3.63, 3.8) is 0 Å². The van der Waals surface area contributed by atoms with Crippen molar-refractivity contribution >= 4 is 33.2 Å². The van der Waals surface area contributed by atoms with E-state index in [-0.39, 0.29) is 0 Å². The molecule has 132 valence electrons. The van der Waals surface area contributed by atoms with Crippen LogP contribution in [0.3, 0.4) is 0 Å². The van der Waals surface area contributed by atoms with Crippen LogP contribution in [-0.4, -0.2) is 18.3 Å². The Morgan fingerprint density at radius 1 is 1.12 bits per heavy atom. The fourth-order valence-corrected chi connectivity index (χ4v) is 3.72. The molecule has 2 aromatic carbocycles. The molecule has 0 saturated heterocycles. The second kappa shape index (κ2) is 7.91. The van der Waals surface area contributed by atoms with E-state index < -0.39 is 0 Å². The smallest absolute Gasteiger partial charge is 0.178 e. The molecule has 4 nitrogen and oxygen atoms in total. The Bertz CT molecular complexity index is 1010. The number of aromatic nitrogens is 1. The van der Waals surface area contributed by atoms with Crippen LogP contribution >= 0.6 is 22.9 Å². The highest BCUT2D eigenvalue weighted by Gasteiger charge is 2.12. The molecule has 6 heteroatoms. The predicted molar refractivity (Wildman–Crippen MR) is 106 cm³/mol. The molecule has 0 amide bonds. The minimum atomic E-state index is 0.571. The van der Waals surface area contributed by atoms with Crippen molar-refractivity contribution in [3.05, 3.63) is 70.6 Å². The van der Waals surface area contributed by atoms with E-state index in [0.29, 0.717) is 6.61 Å². The fraction of sp³-hybridized carbons (Fsp3) is 0.150. The summed E-state index contributed by atoms with van der Waals surface area (Å²) in [5.41, 5.74) is 3.76. The monoisotopic (exact) mass is 384 g/mol. The molecule has 0 aliphatic rings. The molecule has 0 unspecified atom stereocenters. The summed E-state index contributed by atoms with van der Waals surface area (Å²) in [6, 6.07) is 17.7. The van der Waals surface area contributed by atoms with Gasteiger partial charge in [-0.05, 0) is 35.2 Å². The Morgan fingerprint density at radius 2 is 2.04 bits per heavy atom. The van der Waals surface area contributed by atoms with Gasteiger partial charge in [0.1, 0.15) is 22.8 Å². The molecule has 0 fully saturated rings. The SMILES string of the molecule is Clc1ccccc1CNCCOc1cccc(-c2noc3ccsc23)c1. The van der Waals surface area contributed by atoms with Crippen molar-refractivity contribution in [3.8, 4) is 17.0 Å². The van der Waals surface area contributed by atoms with E-state index in [4.69, 9.17) is 20.9 Å². The number of ether oxygens (including phenoxy) is 1. The molecule has 4 aromatic rings. The Morgan fingerprint density at radius 3 is 2.96 bits per heavy atom. The quantitative estimate of drug-likeness (QED) is 0.434. The normalized spacial score (nSPS) is 11.1. The maximum absolute atomic E-state index is 6.15. The molecular weight excluding hydrogens is 368 g/mol. The van der Waals surface area contributed by atoms with Gasteiger partial charge in [0, 0.05) is 23.7 Å². The molecule has 0 aliphatic heterocycles. The number of nitrogens with one attached hydrogen (secondary N) is 1. The molecule has 0 aliphatic carbocycles. The third-order valence-corrected chi connectivity index (χ3v) is 5.28. The van der Waals surface area contributed by atoms with Crippen molar-refractivity contribution in [1.82, 2.24) is 10.5 Å². The lowest BCUT2D eigenvalue weighted by atomic mass is 10.1. The number of rotatable bonds is 7. The molecular formula is C20H17ClN2O2S. The summed E-state index contributed by atoms with van der Waals surface area (Å²) in [5, 5.41) is 10.3. The number of nitrogens with zero attached hydrogens (tertiary/aromatic N) is 1. The highest BCUT2D eigenvalue weighted by molar-refractivity contribution is 7.17. The van der Waals surface area contributed by atoms with Crippen molar-refractivity contribution in [2.75, 3.05) is 13.2 Å². The lowest BCUT2D eigenvalue weighted by molar-refractivity contribution is 0.314. The number of hydrogen-bond acceptors (Lipinski definition) is 5. The summed E-state index contributed by atoms with van der Waals surface area (Å²) < 4.78 is 12.3. The van der Waals surface area contributed by atoms with Crippen LogP contribution in [0.25, 0.3) is 21.5 Å². The third-order valence-electron chi connectivity index (χ3n) is 4.01. The topological polar surface area (TPSA) is 47.3 Å². The summed E-state index contributed by atoms with van der Waals surface area (Å²) in [6.07, 6.45) is 0. The number of fused-ring (bicyclic) bond motifs is 1. The van der Waals surface area contributed by atoms with E-state index in [1.807, 2.05) is 60.0 Å². The molecule has 0 bridgehead atoms. The van der Waals surface area contributed by atoms with Gasteiger partial charge in [0.2, 0.25) is 0 Å². The fourth-order valence-electron chi connectivity index (χ4n) is 2.70. The molecule has 4 rings (SSSR count). The standard InChI is InChI=1S/C20H17ClN2O2S/c21-17-7-2-1-4-15(17)13-22-9-10-24-16-6-3-5-14(12-16)19-20-18(25-23-19)8-11-26-20/h1-8,11-12,22H,9-10,13H2. The van der Waals surface area contributed by atoms with E-state index in [0.717, 1.165) is 51.0 Å². The van der Waals surface area contributed by atoms with Crippen molar-refractivity contribution in [1.29, 1.82) is 0 Å². The highest BCUT2D eigenvalue weighted by atomic mass is 35.5. The Kier molecular flexibility index (Phi) is 5.20. The minimum absolute atomic E-state index is 0.571. The average Bonchev–Trinajstić information content (AvgIpc) is 3.27. The van der Waals surface area contributed by atoms with Gasteiger partial charge in [-0.15, -0.1) is 11.3 Å². The molecule has 1 N–H and O–H groups in total. The van der Waals surface area contributed by atoms with Gasteiger partial charge in [-0.25, -0.2) is 0 Å². The first-order chi connectivity index (χ1) is 12.8. The number of thiophene rings is 1. The van der Waals surface area contributed by atoms with Crippen LogP contribution in [0.2, 0.25) is 5.02 Å². The second-order valence-electron chi connectivity index (χ2n) is 5.79. The van der Waals surface area contributed by atoms with E-state index in [1.165, 1.54) is 0 Å². The lowest BCUT2D eigenvalue weighted by Gasteiger charge is -2.09. The Labute approximate surface area is 160 Å². The van der Waals surface area contributed by atoms with Crippen LogP contribution < -0.4 is 10.1 Å². The number of halogens is 1. The van der Waals surface area contributed by atoms with Crippen molar-refractivity contribution in [2.24, 2.45) is 0 Å². The summed E-state index contributed by atoms with van der Waals surface area (Å²) in [4.78, 5) is 0. The molecule has 0 saturated carbocycles. The zero-order chi connectivity index (χ0) is 17.8. The highest BCUT2D eigenvalue weighted by Crippen LogP contribution is 2.33. The Hall–Kier alpha value is -2.34. The first-order valence-electron chi connectivity index (χ1n) is 8.31. The van der Waals surface area contributed by atoms with Gasteiger partial charge in [0.05, 0.1) is 0 Å². The molecule has 0 radical (unpaired) electrons. The minimum Gasteiger partial charge on any atom is -0.492 e. The van der Waals surface area contributed by atoms with Crippen LogP contribution in [0.15, 0.2) is 64.5 Å². The number of hydrogen-bond donors (Lipinski definition) is 1. The van der Waals surface area contributed by atoms with Gasteiger partial charge in [-0.2, -0.15) is 0 Å². The zero-order valence-electron chi connectivity index (χ0n) is 13.9. The second-order valence-corrected chi connectivity index (χ2v) is 7.11. The summed E-state index contributed by atoms with van der Waals surface area (Å²) >= 11 is 7.78. The van der Waals surface area contributed by atoms with Gasteiger partial charge in [0.25, 0.3) is 0 Å². The van der Waals surface area contributed by atoms with Crippen LogP contribution in [0.5, 0.6) is 5.75 Å². The summed E-state index contributed by atoms with van der Waals surface area (Å²) in [5.74, 6) is 0.815. The average molecular weight is 385 g/mol. The van der Waals surface area contributed by atoms with Crippen molar-refractivity contribution < 1.29 is 9.26 Å². The van der Waals surface area contributed by atoms with E-state index >= 15 is 0 Å². The molecule has 26 heavy (non-hydrogen) atoms. The van der Waals surface area contributed by atoms with E-state index in [2.05, 4.69) is 10.5 Å². The summed E-state index contributed by atoms with van der Waals surface area (Å²) in [6.45, 7) is 2.02. The Balaban J connectivity index is 1.33. The zero-order valence-corrected chi connectivity index (χ0v) is 15.5. The maximum Gasteiger partial charge on any atom is 0.178 e. The van der Waals surface area contributed by atoms with Crippen LogP contribution in [0.1, 0.15) is 5.56 Å². The molecule has 0 spiro atoms. The van der Waals surface area contributed by atoms with Gasteiger partial charge in [0.15, 0.2) is 5.58 Å². The summed E-state index contributed by atoms with van der Waals surface area (Å²) in [7, 11) is 0. The van der Waals surface area contributed by atoms with Gasteiger partial charge in [-0.3, -0.25) is 0 Å². The third kappa shape index (κ3) is 3.75. The van der Waals surface area contributed by atoms with E-state index in [9.17, 15) is 0 Å². The van der Waals surface area contributed by atoms with Crippen molar-refractivity contribution in [2.45, 2.75) is 6.54 Å². The molecule has 0 atom stereocenters. The first-order valence-corrected chi connectivity index (χ1v) is 9.57. The first kappa shape index (κ1) is 17.1.